The van der Waals surface area contributed by atoms with E-state index in [4.69, 9.17) is 18.6 Å². The van der Waals surface area contributed by atoms with E-state index in [0.717, 1.165) is 22.1 Å². The Kier molecular flexibility index (Phi) is 5.25. The molecule has 0 bridgehead atoms. The first kappa shape index (κ1) is 21.0. The van der Waals surface area contributed by atoms with Crippen molar-refractivity contribution in [2.45, 2.75) is 18.2 Å². The van der Waals surface area contributed by atoms with Gasteiger partial charge in [0.2, 0.25) is 5.88 Å². The quantitative estimate of drug-likeness (QED) is 0.458. The highest BCUT2D eigenvalue weighted by atomic mass is 16.7. The molecular weight excluding hydrogens is 418 g/mol. The van der Waals surface area contributed by atoms with E-state index >= 15 is 0 Å². The highest BCUT2D eigenvalue weighted by molar-refractivity contribution is 5.81. The third kappa shape index (κ3) is 3.50. The fourth-order valence-electron chi connectivity index (χ4n) is 4.45. The average molecular weight is 441 g/mol. The molecule has 5 rings (SSSR count). The van der Waals surface area contributed by atoms with Gasteiger partial charge in [0, 0.05) is 29.3 Å². The molecule has 2 aromatic heterocycles. The molecule has 1 unspecified atom stereocenters. The lowest BCUT2D eigenvalue weighted by atomic mass is 9.76. The van der Waals surface area contributed by atoms with E-state index in [0.29, 0.717) is 30.5 Å². The third-order valence-corrected chi connectivity index (χ3v) is 6.06. The smallest absolute Gasteiger partial charge is 0.212 e. The molecule has 0 aliphatic carbocycles. The SMILES string of the molecule is COc1ccc(C(Nc2cc3ccccc3o2)(c2cccc(C#N)c2)C2(C)OCCO2)cn1. The largest absolute Gasteiger partial charge is 0.481 e. The molecule has 0 radical (unpaired) electrons. The predicted octanol–water partition coefficient (Wildman–Crippen LogP) is 4.83. The van der Waals surface area contributed by atoms with Crippen molar-refractivity contribution in [2.24, 2.45) is 0 Å². The summed E-state index contributed by atoms with van der Waals surface area (Å²) in [5.41, 5.74) is 1.72. The van der Waals surface area contributed by atoms with Gasteiger partial charge in [0.25, 0.3) is 0 Å². The standard InChI is InChI=1S/C26H23N3O4/c1-25(31-12-13-32-25)26(20-8-5-6-18(14-20)16-27,21-10-11-23(30-2)28-17-21)29-24-15-19-7-3-4-9-22(19)33-24/h3-11,14-15,17,29H,12-13H2,1-2H3. The summed E-state index contributed by atoms with van der Waals surface area (Å²) in [6.07, 6.45) is 1.73. The van der Waals surface area contributed by atoms with Gasteiger partial charge >= 0.3 is 0 Å². The topological polar surface area (TPSA) is 89.5 Å². The first-order valence-electron chi connectivity index (χ1n) is 10.6. The van der Waals surface area contributed by atoms with E-state index in [-0.39, 0.29) is 0 Å². The summed E-state index contributed by atoms with van der Waals surface area (Å²) >= 11 is 0. The minimum atomic E-state index is -1.13. The van der Waals surface area contributed by atoms with E-state index in [1.807, 2.05) is 61.5 Å². The van der Waals surface area contributed by atoms with Crippen molar-refractivity contribution in [2.75, 3.05) is 25.6 Å². The van der Waals surface area contributed by atoms with Crippen LogP contribution in [0.1, 0.15) is 23.6 Å². The van der Waals surface area contributed by atoms with Gasteiger partial charge in [-0.05, 0) is 36.8 Å². The van der Waals surface area contributed by atoms with Gasteiger partial charge in [-0.15, -0.1) is 0 Å². The highest BCUT2D eigenvalue weighted by Gasteiger charge is 2.56. The number of fused-ring (bicyclic) bond motifs is 1. The number of hydrogen-bond donors (Lipinski definition) is 1. The molecule has 1 atom stereocenters. The minimum Gasteiger partial charge on any atom is -0.481 e. The number of nitriles is 1. The fraction of sp³-hybridized carbons (Fsp3) is 0.231. The zero-order chi connectivity index (χ0) is 22.9. The van der Waals surface area contributed by atoms with Crippen LogP contribution >= 0.6 is 0 Å². The number of rotatable bonds is 6. The van der Waals surface area contributed by atoms with Crippen LogP contribution in [0.2, 0.25) is 0 Å². The molecule has 7 nitrogen and oxygen atoms in total. The second-order valence-corrected chi connectivity index (χ2v) is 7.95. The average Bonchev–Trinajstić information content (AvgIpc) is 3.49. The van der Waals surface area contributed by atoms with Crippen LogP contribution in [0.4, 0.5) is 5.88 Å². The fourth-order valence-corrected chi connectivity index (χ4v) is 4.45. The zero-order valence-corrected chi connectivity index (χ0v) is 18.4. The van der Waals surface area contributed by atoms with Crippen molar-refractivity contribution in [1.82, 2.24) is 4.98 Å². The Morgan fingerprint density at radius 2 is 1.85 bits per heavy atom. The number of aromatic nitrogens is 1. The summed E-state index contributed by atoms with van der Waals surface area (Å²) in [4.78, 5) is 4.45. The molecule has 166 valence electrons. The summed E-state index contributed by atoms with van der Waals surface area (Å²) in [6, 6.07) is 23.0. The van der Waals surface area contributed by atoms with Crippen LogP contribution in [0.3, 0.4) is 0 Å². The summed E-state index contributed by atoms with van der Waals surface area (Å²) < 4.78 is 23.9. The van der Waals surface area contributed by atoms with Gasteiger partial charge in [0.1, 0.15) is 11.1 Å². The number of nitrogens with one attached hydrogen (secondary N) is 1. The van der Waals surface area contributed by atoms with Gasteiger partial charge < -0.3 is 23.9 Å². The number of pyridine rings is 1. The van der Waals surface area contributed by atoms with Crippen molar-refractivity contribution < 1.29 is 18.6 Å². The van der Waals surface area contributed by atoms with Gasteiger partial charge in [-0.25, -0.2) is 4.98 Å². The van der Waals surface area contributed by atoms with E-state index in [2.05, 4.69) is 16.4 Å². The van der Waals surface area contributed by atoms with Crippen LogP contribution in [-0.4, -0.2) is 31.1 Å². The maximum atomic E-state index is 9.60. The Hall–Kier alpha value is -3.86. The lowest BCUT2D eigenvalue weighted by Gasteiger charge is -2.45. The van der Waals surface area contributed by atoms with Gasteiger partial charge in [-0.1, -0.05) is 30.3 Å². The number of anilines is 1. The lowest BCUT2D eigenvalue weighted by molar-refractivity contribution is -0.178. The van der Waals surface area contributed by atoms with Crippen LogP contribution in [-0.2, 0) is 15.0 Å². The maximum Gasteiger partial charge on any atom is 0.212 e. The summed E-state index contributed by atoms with van der Waals surface area (Å²) in [5.74, 6) is -0.105. The second kappa shape index (κ2) is 8.24. The van der Waals surface area contributed by atoms with E-state index in [1.165, 1.54) is 0 Å². The first-order chi connectivity index (χ1) is 16.1. The molecule has 0 amide bonds. The normalized spacial score (nSPS) is 16.8. The van der Waals surface area contributed by atoms with Gasteiger partial charge in [-0.2, -0.15) is 5.26 Å². The van der Waals surface area contributed by atoms with Crippen molar-refractivity contribution in [3.05, 3.63) is 89.6 Å². The number of benzene rings is 2. The monoisotopic (exact) mass is 441 g/mol. The Morgan fingerprint density at radius 3 is 2.55 bits per heavy atom. The van der Waals surface area contributed by atoms with Gasteiger partial charge in [0.05, 0.1) is 32.0 Å². The second-order valence-electron chi connectivity index (χ2n) is 7.95. The molecule has 1 fully saturated rings. The molecule has 1 N–H and O–H groups in total. The molecule has 1 aliphatic rings. The molecule has 4 aromatic rings. The van der Waals surface area contributed by atoms with E-state index in [9.17, 15) is 5.26 Å². The molecule has 1 saturated heterocycles. The lowest BCUT2D eigenvalue weighted by Crippen LogP contribution is -2.56. The Morgan fingerprint density at radius 1 is 1.03 bits per heavy atom. The Bertz CT molecular complexity index is 1290. The third-order valence-electron chi connectivity index (χ3n) is 6.06. The number of ether oxygens (including phenoxy) is 3. The number of para-hydroxylation sites is 1. The van der Waals surface area contributed by atoms with Crippen molar-refractivity contribution in [3.8, 4) is 11.9 Å². The van der Waals surface area contributed by atoms with Crippen LogP contribution in [0, 0.1) is 11.3 Å². The van der Waals surface area contributed by atoms with Crippen LogP contribution in [0.25, 0.3) is 11.0 Å². The summed E-state index contributed by atoms with van der Waals surface area (Å²) in [6.45, 7) is 2.75. The number of nitrogens with zero attached hydrogens (tertiary/aromatic N) is 2. The van der Waals surface area contributed by atoms with Crippen molar-refractivity contribution in [1.29, 1.82) is 5.26 Å². The van der Waals surface area contributed by atoms with Crippen molar-refractivity contribution >= 4 is 16.9 Å². The predicted molar refractivity (Wildman–Crippen MR) is 123 cm³/mol. The van der Waals surface area contributed by atoms with Crippen LogP contribution < -0.4 is 10.1 Å². The highest BCUT2D eigenvalue weighted by Crippen LogP contribution is 2.47. The Labute approximate surface area is 191 Å². The van der Waals surface area contributed by atoms with Crippen molar-refractivity contribution in [3.63, 3.8) is 0 Å². The van der Waals surface area contributed by atoms with Gasteiger partial charge in [0.15, 0.2) is 11.7 Å². The number of furan rings is 1. The number of hydrogen-bond acceptors (Lipinski definition) is 7. The molecule has 1 aliphatic heterocycles. The van der Waals surface area contributed by atoms with E-state index < -0.39 is 11.3 Å². The molecule has 2 aromatic carbocycles. The van der Waals surface area contributed by atoms with Gasteiger partial charge in [-0.3, -0.25) is 0 Å². The first-order valence-corrected chi connectivity index (χ1v) is 10.6. The molecular formula is C26H23N3O4. The molecule has 3 heterocycles. The van der Waals surface area contributed by atoms with E-state index in [1.54, 1.807) is 25.4 Å². The molecule has 33 heavy (non-hydrogen) atoms. The number of methoxy groups -OCH3 is 1. The molecule has 0 spiro atoms. The van der Waals surface area contributed by atoms with Crippen LogP contribution in [0.15, 0.2) is 77.3 Å². The van der Waals surface area contributed by atoms with Crippen LogP contribution in [0.5, 0.6) is 5.88 Å². The summed E-state index contributed by atoms with van der Waals surface area (Å²) in [5, 5.41) is 14.1. The maximum absolute atomic E-state index is 9.60. The summed E-state index contributed by atoms with van der Waals surface area (Å²) in [7, 11) is 1.57. The molecule has 7 heteroatoms. The minimum absolute atomic E-state index is 0.432. The zero-order valence-electron chi connectivity index (χ0n) is 18.4. The Balaban J connectivity index is 1.77. The molecule has 0 saturated carbocycles.